The first kappa shape index (κ1) is 41.0. The van der Waals surface area contributed by atoms with Gasteiger partial charge in [-0.25, -0.2) is 0 Å². The molecule has 0 saturated heterocycles. The molecule has 0 aliphatic rings. The summed E-state index contributed by atoms with van der Waals surface area (Å²) in [5.41, 5.74) is 0. The first-order valence-electron chi connectivity index (χ1n) is 14.7. The van der Waals surface area contributed by atoms with Gasteiger partial charge < -0.3 is 57.2 Å². The zero-order chi connectivity index (χ0) is 31.5. The summed E-state index contributed by atoms with van der Waals surface area (Å²) in [6, 6.07) is 0. The molecule has 0 rings (SSSR count). The summed E-state index contributed by atoms with van der Waals surface area (Å²) in [4.78, 5) is 32.8. The fraction of sp³-hybridized carbons (Fsp3) is 0.893. The number of esters is 2. The zero-order valence-electron chi connectivity index (χ0n) is 25.6. The van der Waals surface area contributed by atoms with Gasteiger partial charge >= 0.3 is 17.9 Å². The Kier molecular flexibility index (Phi) is 33.0. The third-order valence-electron chi connectivity index (χ3n) is 5.17. The van der Waals surface area contributed by atoms with Gasteiger partial charge in [-0.2, -0.15) is 0 Å². The first-order valence-corrected chi connectivity index (χ1v) is 14.7. The molecule has 254 valence electrons. The van der Waals surface area contributed by atoms with Crippen molar-refractivity contribution >= 4 is 17.9 Å². The summed E-state index contributed by atoms with van der Waals surface area (Å²) in [6.07, 6.45) is 1.46. The third kappa shape index (κ3) is 36.1. The zero-order valence-corrected chi connectivity index (χ0v) is 25.6. The molecular weight excluding hydrogens is 576 g/mol. The minimum Gasteiger partial charge on any atom is -0.481 e. The fourth-order valence-corrected chi connectivity index (χ4v) is 2.95. The van der Waals surface area contributed by atoms with Crippen LogP contribution < -0.4 is 0 Å². The second-order valence-electron chi connectivity index (χ2n) is 8.66. The van der Waals surface area contributed by atoms with Crippen LogP contribution in [-0.4, -0.2) is 156 Å². The lowest BCUT2D eigenvalue weighted by Gasteiger charge is -2.09. The molecule has 0 radical (unpaired) electrons. The number of hydrogen-bond acceptors (Lipinski definition) is 14. The van der Waals surface area contributed by atoms with Crippen LogP contribution in [0.2, 0.25) is 0 Å². The second kappa shape index (κ2) is 34.5. The van der Waals surface area contributed by atoms with Crippen LogP contribution in [0.4, 0.5) is 0 Å². The Morgan fingerprint density at radius 2 is 0.698 bits per heavy atom. The van der Waals surface area contributed by atoms with E-state index in [9.17, 15) is 14.4 Å². The highest BCUT2D eigenvalue weighted by molar-refractivity contribution is 5.70. The summed E-state index contributed by atoms with van der Waals surface area (Å²) in [5.74, 6) is -1.51. The van der Waals surface area contributed by atoms with Crippen molar-refractivity contribution in [1.82, 2.24) is 0 Å². The Labute approximate surface area is 254 Å². The molecule has 0 fully saturated rings. The molecule has 1 N–H and O–H groups in total. The van der Waals surface area contributed by atoms with Crippen molar-refractivity contribution < 1.29 is 71.6 Å². The highest BCUT2D eigenvalue weighted by Crippen LogP contribution is 2.01. The van der Waals surface area contributed by atoms with Crippen molar-refractivity contribution in [1.29, 1.82) is 0 Å². The van der Waals surface area contributed by atoms with E-state index < -0.39 is 5.97 Å². The molecule has 0 bridgehead atoms. The van der Waals surface area contributed by atoms with E-state index in [0.29, 0.717) is 125 Å². The lowest BCUT2D eigenvalue weighted by atomic mass is 10.2. The molecule has 0 heterocycles. The molecule has 0 aliphatic carbocycles. The number of hydrogen-bond donors (Lipinski definition) is 1. The molecule has 0 aromatic heterocycles. The number of unbranched alkanes of at least 4 members (excludes halogenated alkanes) is 1. The number of carbonyl (C=O) groups excluding carboxylic acids is 2. The van der Waals surface area contributed by atoms with Gasteiger partial charge in [-0.05, 0) is 12.8 Å². The maximum absolute atomic E-state index is 11.5. The molecule has 15 heteroatoms. The normalized spacial score (nSPS) is 11.1. The molecule has 43 heavy (non-hydrogen) atoms. The average Bonchev–Trinajstić information content (AvgIpc) is 3.00. The molecule has 0 aliphatic heterocycles. The number of methoxy groups -OCH3 is 1. The number of carboxylic acids is 1. The van der Waals surface area contributed by atoms with E-state index in [1.165, 1.54) is 7.11 Å². The predicted octanol–water partition coefficient (Wildman–Crippen LogP) is 0.887. The largest absolute Gasteiger partial charge is 0.481 e. The van der Waals surface area contributed by atoms with Crippen molar-refractivity contribution in [3.05, 3.63) is 0 Å². The van der Waals surface area contributed by atoms with E-state index in [2.05, 4.69) is 4.74 Å². The Hall–Kier alpha value is -1.95. The van der Waals surface area contributed by atoms with Crippen LogP contribution in [0.5, 0.6) is 0 Å². The standard InChI is InChI=1S/C28H52O15/c1-33-27(31)6-7-34-8-9-35-10-11-36-12-13-37-14-15-38-16-17-39-18-19-40-20-21-41-22-23-42-24-25-43-28(32)5-3-2-4-26(29)30/h2-25H2,1H3,(H,29,30). The van der Waals surface area contributed by atoms with E-state index in [0.717, 1.165) is 0 Å². The number of rotatable bonds is 35. The molecular formula is C28H52O15. The van der Waals surface area contributed by atoms with E-state index in [-0.39, 0.29) is 44.4 Å². The molecule has 0 atom stereocenters. The minimum absolute atomic E-state index is 0.0578. The fourth-order valence-electron chi connectivity index (χ4n) is 2.95. The Balaban J connectivity index is 3.11. The van der Waals surface area contributed by atoms with Gasteiger partial charge in [-0.1, -0.05) is 0 Å². The summed E-state index contributed by atoms with van der Waals surface area (Å²) in [5, 5.41) is 8.53. The molecule has 0 amide bonds. The van der Waals surface area contributed by atoms with Crippen molar-refractivity contribution in [3.63, 3.8) is 0 Å². The van der Waals surface area contributed by atoms with Gasteiger partial charge in [-0.3, -0.25) is 14.4 Å². The van der Waals surface area contributed by atoms with Gasteiger partial charge in [0.2, 0.25) is 0 Å². The van der Waals surface area contributed by atoms with Crippen LogP contribution in [0.25, 0.3) is 0 Å². The molecule has 0 spiro atoms. The monoisotopic (exact) mass is 628 g/mol. The second-order valence-corrected chi connectivity index (χ2v) is 8.66. The van der Waals surface area contributed by atoms with Crippen LogP contribution in [0, 0.1) is 0 Å². The van der Waals surface area contributed by atoms with Crippen LogP contribution in [0.1, 0.15) is 32.1 Å². The summed E-state index contributed by atoms with van der Waals surface area (Å²) < 4.78 is 57.9. The average molecular weight is 629 g/mol. The van der Waals surface area contributed by atoms with E-state index in [4.69, 9.17) is 52.5 Å². The SMILES string of the molecule is COC(=O)CCOCCOCCOCCOCCOCCOCCOCCOCCOCCOC(=O)CCCCC(=O)O. The van der Waals surface area contributed by atoms with Gasteiger partial charge in [0.25, 0.3) is 0 Å². The van der Waals surface area contributed by atoms with Crippen LogP contribution in [0.15, 0.2) is 0 Å². The quantitative estimate of drug-likeness (QED) is 0.0774. The maximum atomic E-state index is 11.5. The molecule has 0 aromatic rings. The number of carboxylic acid groups (broad SMARTS) is 1. The van der Waals surface area contributed by atoms with Gasteiger partial charge in [-0.15, -0.1) is 0 Å². The van der Waals surface area contributed by atoms with E-state index in [1.807, 2.05) is 0 Å². The Morgan fingerprint density at radius 1 is 0.395 bits per heavy atom. The summed E-state index contributed by atoms with van der Waals surface area (Å²) in [7, 11) is 1.34. The van der Waals surface area contributed by atoms with Crippen molar-refractivity contribution in [3.8, 4) is 0 Å². The van der Waals surface area contributed by atoms with Crippen molar-refractivity contribution in [2.45, 2.75) is 32.1 Å². The molecule has 0 unspecified atom stereocenters. The molecule has 15 nitrogen and oxygen atoms in total. The van der Waals surface area contributed by atoms with E-state index >= 15 is 0 Å². The Morgan fingerprint density at radius 3 is 1.02 bits per heavy atom. The highest BCUT2D eigenvalue weighted by atomic mass is 16.6. The first-order chi connectivity index (χ1) is 21.1. The van der Waals surface area contributed by atoms with Gasteiger partial charge in [0.05, 0.1) is 132 Å². The third-order valence-corrected chi connectivity index (χ3v) is 5.17. The van der Waals surface area contributed by atoms with Crippen LogP contribution in [-0.2, 0) is 66.5 Å². The maximum Gasteiger partial charge on any atom is 0.307 e. The summed E-state index contributed by atoms with van der Waals surface area (Å²) >= 11 is 0. The minimum atomic E-state index is -0.865. The number of aliphatic carboxylic acids is 1. The van der Waals surface area contributed by atoms with Crippen molar-refractivity contribution in [2.24, 2.45) is 0 Å². The van der Waals surface area contributed by atoms with Gasteiger partial charge in [0.1, 0.15) is 6.61 Å². The lowest BCUT2D eigenvalue weighted by Crippen LogP contribution is -2.15. The summed E-state index contributed by atoms with van der Waals surface area (Å²) in [6.45, 7) is 7.98. The van der Waals surface area contributed by atoms with Crippen molar-refractivity contribution in [2.75, 3.05) is 133 Å². The van der Waals surface area contributed by atoms with Crippen LogP contribution >= 0.6 is 0 Å². The highest BCUT2D eigenvalue weighted by Gasteiger charge is 2.04. The van der Waals surface area contributed by atoms with Gasteiger partial charge in [0, 0.05) is 12.8 Å². The van der Waals surface area contributed by atoms with Gasteiger partial charge in [0.15, 0.2) is 0 Å². The number of ether oxygens (including phenoxy) is 11. The smallest absolute Gasteiger partial charge is 0.307 e. The lowest BCUT2D eigenvalue weighted by molar-refractivity contribution is -0.146. The van der Waals surface area contributed by atoms with E-state index in [1.54, 1.807) is 0 Å². The number of carbonyl (C=O) groups is 3. The topological polar surface area (TPSA) is 173 Å². The molecule has 0 saturated carbocycles. The molecule has 0 aromatic carbocycles. The van der Waals surface area contributed by atoms with Crippen LogP contribution in [0.3, 0.4) is 0 Å². The predicted molar refractivity (Wildman–Crippen MR) is 151 cm³/mol. The Bertz CT molecular complexity index is 635.